The van der Waals surface area contributed by atoms with E-state index < -0.39 is 11.8 Å². The molecule has 5 rings (SSSR count). The van der Waals surface area contributed by atoms with Gasteiger partial charge in [-0.2, -0.15) is 5.26 Å². The fourth-order valence-electron chi connectivity index (χ4n) is 5.66. The van der Waals surface area contributed by atoms with Crippen LogP contribution in [0, 0.1) is 33.9 Å². The molecular formula is C32H29ClFN3O3. The molecule has 2 aliphatic rings. The average Bonchev–Trinajstić information content (AvgIpc) is 2.92. The standard InChI is InChI=1S/C32H29ClFN3O3/c1-32(2)15-26-30(27(38)16-32)29(23(17-35)31(36)37(26)25-7-5-4-6-24(25)33)19-8-13-28(39-3)20(14-19)18-40-22-11-9-21(34)10-12-22/h4-14,23,29,36H,15-16,18H2,1-3H3. The molecule has 0 spiro atoms. The number of methoxy groups -OCH3 is 1. The van der Waals surface area contributed by atoms with Crippen molar-refractivity contribution in [3.8, 4) is 17.6 Å². The van der Waals surface area contributed by atoms with Gasteiger partial charge in [-0.3, -0.25) is 15.1 Å². The topological polar surface area (TPSA) is 86.4 Å². The lowest BCUT2D eigenvalue weighted by molar-refractivity contribution is -0.118. The summed E-state index contributed by atoms with van der Waals surface area (Å²) in [5.74, 6) is -0.832. The number of para-hydroxylation sites is 1. The third-order valence-electron chi connectivity index (χ3n) is 7.45. The lowest BCUT2D eigenvalue weighted by Crippen LogP contribution is -2.48. The molecular weight excluding hydrogens is 529 g/mol. The average molecular weight is 558 g/mol. The molecule has 3 aromatic carbocycles. The van der Waals surface area contributed by atoms with E-state index in [1.807, 2.05) is 38.1 Å². The van der Waals surface area contributed by atoms with Crippen LogP contribution >= 0.6 is 11.6 Å². The lowest BCUT2D eigenvalue weighted by atomic mass is 9.66. The fraction of sp³-hybridized carbons (Fsp3) is 0.281. The van der Waals surface area contributed by atoms with Gasteiger partial charge >= 0.3 is 0 Å². The van der Waals surface area contributed by atoms with Gasteiger partial charge in [-0.1, -0.05) is 43.6 Å². The number of halogens is 2. The summed E-state index contributed by atoms with van der Waals surface area (Å²) < 4.78 is 24.8. The third kappa shape index (κ3) is 5.07. The lowest BCUT2D eigenvalue weighted by Gasteiger charge is -2.46. The highest BCUT2D eigenvalue weighted by molar-refractivity contribution is 6.34. The molecule has 1 heterocycles. The quantitative estimate of drug-likeness (QED) is 0.340. The Labute approximate surface area is 238 Å². The second-order valence-electron chi connectivity index (χ2n) is 10.9. The first-order chi connectivity index (χ1) is 19.1. The summed E-state index contributed by atoms with van der Waals surface area (Å²) in [6, 6.07) is 20.7. The first kappa shape index (κ1) is 27.4. The number of anilines is 1. The molecule has 1 N–H and O–H groups in total. The van der Waals surface area contributed by atoms with Crippen molar-refractivity contribution in [1.29, 1.82) is 10.7 Å². The highest BCUT2D eigenvalue weighted by Crippen LogP contribution is 2.51. The van der Waals surface area contributed by atoms with Crippen LogP contribution in [0.4, 0.5) is 10.1 Å². The molecule has 0 bridgehead atoms. The van der Waals surface area contributed by atoms with Crippen molar-refractivity contribution in [2.45, 2.75) is 39.2 Å². The van der Waals surface area contributed by atoms with Crippen LogP contribution in [-0.4, -0.2) is 18.7 Å². The van der Waals surface area contributed by atoms with Crippen LogP contribution in [0.5, 0.6) is 11.5 Å². The van der Waals surface area contributed by atoms with Crippen LogP contribution in [0.25, 0.3) is 0 Å². The second kappa shape index (κ2) is 10.8. The largest absolute Gasteiger partial charge is 0.496 e. The van der Waals surface area contributed by atoms with Gasteiger partial charge in [-0.25, -0.2) is 4.39 Å². The number of hydrogen-bond donors (Lipinski definition) is 1. The molecule has 6 nitrogen and oxygen atoms in total. The maximum absolute atomic E-state index is 13.8. The van der Waals surface area contributed by atoms with Crippen molar-refractivity contribution in [3.05, 3.63) is 100.0 Å². The van der Waals surface area contributed by atoms with Gasteiger partial charge in [0.05, 0.1) is 23.9 Å². The third-order valence-corrected chi connectivity index (χ3v) is 7.77. The van der Waals surface area contributed by atoms with E-state index in [-0.39, 0.29) is 29.5 Å². The van der Waals surface area contributed by atoms with E-state index in [1.165, 1.54) is 12.1 Å². The SMILES string of the molecule is COc1ccc(C2C3=C(CC(C)(C)CC3=O)N(c3ccccc3Cl)C(=N)C2C#N)cc1COc1ccc(F)cc1. The first-order valence-electron chi connectivity index (χ1n) is 13.0. The highest BCUT2D eigenvalue weighted by Gasteiger charge is 2.48. The smallest absolute Gasteiger partial charge is 0.161 e. The normalized spacial score (nSPS) is 20.1. The maximum Gasteiger partial charge on any atom is 0.161 e. The van der Waals surface area contributed by atoms with Crippen LogP contribution in [0.3, 0.4) is 0 Å². The molecule has 2 atom stereocenters. The number of benzene rings is 3. The van der Waals surface area contributed by atoms with Crippen LogP contribution < -0.4 is 14.4 Å². The van der Waals surface area contributed by atoms with E-state index in [0.29, 0.717) is 57.4 Å². The van der Waals surface area contributed by atoms with Crippen LogP contribution in [-0.2, 0) is 11.4 Å². The van der Waals surface area contributed by atoms with Gasteiger partial charge in [0.15, 0.2) is 5.78 Å². The Bertz CT molecular complexity index is 1560. The zero-order valence-corrected chi connectivity index (χ0v) is 23.3. The van der Waals surface area contributed by atoms with Gasteiger partial charge in [-0.05, 0) is 65.9 Å². The Morgan fingerprint density at radius 3 is 2.52 bits per heavy atom. The highest BCUT2D eigenvalue weighted by atomic mass is 35.5. The molecule has 8 heteroatoms. The maximum atomic E-state index is 13.8. The number of Topliss-reactive ketones (excluding diaryl/α,β-unsaturated/α-hetero) is 1. The summed E-state index contributed by atoms with van der Waals surface area (Å²) in [5, 5.41) is 20.0. The van der Waals surface area contributed by atoms with Crippen LogP contribution in [0.15, 0.2) is 78.0 Å². The molecule has 0 saturated carbocycles. The number of hydrogen-bond acceptors (Lipinski definition) is 5. The summed E-state index contributed by atoms with van der Waals surface area (Å²) in [6.45, 7) is 4.20. The molecule has 2 unspecified atom stereocenters. The van der Waals surface area contributed by atoms with E-state index in [2.05, 4.69) is 6.07 Å². The Morgan fingerprint density at radius 1 is 1.12 bits per heavy atom. The van der Waals surface area contributed by atoms with Crippen molar-refractivity contribution in [1.82, 2.24) is 0 Å². The van der Waals surface area contributed by atoms with Crippen molar-refractivity contribution in [2.24, 2.45) is 11.3 Å². The molecule has 1 aliphatic heterocycles. The molecule has 0 amide bonds. The van der Waals surface area contributed by atoms with E-state index >= 15 is 0 Å². The summed E-state index contributed by atoms with van der Waals surface area (Å²) >= 11 is 6.58. The molecule has 0 radical (unpaired) electrons. The number of carbonyl (C=O) groups excluding carboxylic acids is 1. The van der Waals surface area contributed by atoms with Crippen molar-refractivity contribution in [2.75, 3.05) is 12.0 Å². The summed E-state index contributed by atoms with van der Waals surface area (Å²) in [7, 11) is 1.56. The minimum Gasteiger partial charge on any atom is -0.496 e. The van der Waals surface area contributed by atoms with Gasteiger partial charge < -0.3 is 9.47 Å². The van der Waals surface area contributed by atoms with Crippen LogP contribution in [0.1, 0.15) is 43.7 Å². The van der Waals surface area contributed by atoms with Crippen molar-refractivity contribution >= 4 is 28.9 Å². The number of nitrogens with one attached hydrogen (secondary N) is 1. The van der Waals surface area contributed by atoms with Gasteiger partial charge in [0.1, 0.15) is 35.7 Å². The number of nitriles is 1. The Hall–Kier alpha value is -4.15. The second-order valence-corrected chi connectivity index (χ2v) is 11.3. The predicted molar refractivity (Wildman–Crippen MR) is 152 cm³/mol. The number of ether oxygens (including phenoxy) is 2. The van der Waals surface area contributed by atoms with E-state index in [1.54, 1.807) is 42.3 Å². The number of ketones is 1. The first-order valence-corrected chi connectivity index (χ1v) is 13.4. The molecule has 40 heavy (non-hydrogen) atoms. The minimum absolute atomic E-state index is 0.0408. The monoisotopic (exact) mass is 557 g/mol. The molecule has 0 fully saturated rings. The molecule has 0 aromatic heterocycles. The predicted octanol–water partition coefficient (Wildman–Crippen LogP) is 7.43. The van der Waals surface area contributed by atoms with E-state index in [4.69, 9.17) is 21.1 Å². The number of amidine groups is 1. The molecule has 3 aromatic rings. The van der Waals surface area contributed by atoms with E-state index in [9.17, 15) is 19.9 Å². The van der Waals surface area contributed by atoms with Gasteiger partial charge in [0.25, 0.3) is 0 Å². The Kier molecular flexibility index (Phi) is 7.39. The Balaban J connectivity index is 1.63. The number of carbonyl (C=O) groups is 1. The van der Waals surface area contributed by atoms with Crippen molar-refractivity contribution in [3.63, 3.8) is 0 Å². The molecule has 0 saturated heterocycles. The van der Waals surface area contributed by atoms with Gasteiger partial charge in [-0.15, -0.1) is 0 Å². The van der Waals surface area contributed by atoms with E-state index in [0.717, 1.165) is 0 Å². The molecule has 1 aliphatic carbocycles. The summed E-state index contributed by atoms with van der Waals surface area (Å²) in [4.78, 5) is 15.5. The zero-order chi connectivity index (χ0) is 28.6. The number of allylic oxidation sites excluding steroid dienone is 2. The number of nitrogens with zero attached hydrogens (tertiary/aromatic N) is 2. The van der Waals surface area contributed by atoms with Crippen LogP contribution in [0.2, 0.25) is 5.02 Å². The molecule has 204 valence electrons. The minimum atomic E-state index is -0.931. The van der Waals surface area contributed by atoms with Crippen molar-refractivity contribution < 1.29 is 18.7 Å². The van der Waals surface area contributed by atoms with Gasteiger partial charge in [0, 0.05) is 29.2 Å². The number of rotatable bonds is 6. The zero-order valence-electron chi connectivity index (χ0n) is 22.5. The van der Waals surface area contributed by atoms with Gasteiger partial charge in [0.2, 0.25) is 0 Å². The fourth-order valence-corrected chi connectivity index (χ4v) is 5.88. The summed E-state index contributed by atoms with van der Waals surface area (Å²) in [6.07, 6.45) is 0.883. The summed E-state index contributed by atoms with van der Waals surface area (Å²) in [5.41, 5.74) is 2.91. The Morgan fingerprint density at radius 2 is 1.85 bits per heavy atom.